The van der Waals surface area contributed by atoms with Gasteiger partial charge in [0, 0.05) is 18.7 Å². The van der Waals surface area contributed by atoms with Gasteiger partial charge in [-0.3, -0.25) is 9.48 Å². The Labute approximate surface area is 90.5 Å². The zero-order valence-corrected chi connectivity index (χ0v) is 9.28. The second kappa shape index (κ2) is 4.60. The van der Waals surface area contributed by atoms with Crippen LogP contribution in [-0.2, 0) is 6.54 Å². The lowest BCUT2D eigenvalue weighted by Crippen LogP contribution is -2.07. The summed E-state index contributed by atoms with van der Waals surface area (Å²) in [6.07, 6.45) is 9.11. The van der Waals surface area contributed by atoms with Gasteiger partial charge in [0.2, 0.25) is 0 Å². The summed E-state index contributed by atoms with van der Waals surface area (Å²) in [7, 11) is 0. The summed E-state index contributed by atoms with van der Waals surface area (Å²) in [6, 6.07) is 0. The van der Waals surface area contributed by atoms with Gasteiger partial charge in [0.25, 0.3) is 0 Å². The van der Waals surface area contributed by atoms with Crippen molar-refractivity contribution in [2.75, 3.05) is 0 Å². The minimum absolute atomic E-state index is 0.520. The monoisotopic (exact) mass is 206 g/mol. The molecule has 1 aromatic rings. The molecule has 0 unspecified atom stereocenters. The molecule has 0 atom stereocenters. The molecule has 0 saturated heterocycles. The Morgan fingerprint density at radius 3 is 2.80 bits per heavy atom. The third-order valence-electron chi connectivity index (χ3n) is 3.26. The maximum atomic E-state index is 10.9. The Balaban J connectivity index is 2.24. The van der Waals surface area contributed by atoms with Crippen molar-refractivity contribution >= 4 is 6.29 Å². The zero-order chi connectivity index (χ0) is 10.7. The van der Waals surface area contributed by atoms with Crippen molar-refractivity contribution in [2.24, 2.45) is 0 Å². The van der Waals surface area contributed by atoms with Gasteiger partial charge in [-0.15, -0.1) is 0 Å². The third kappa shape index (κ3) is 2.11. The maximum Gasteiger partial charge on any atom is 0.153 e. The smallest absolute Gasteiger partial charge is 0.153 e. The van der Waals surface area contributed by atoms with Crippen molar-refractivity contribution in [3.8, 4) is 0 Å². The fourth-order valence-corrected chi connectivity index (χ4v) is 2.40. The molecule has 0 aliphatic heterocycles. The van der Waals surface area contributed by atoms with Crippen molar-refractivity contribution < 1.29 is 4.79 Å². The van der Waals surface area contributed by atoms with Crippen LogP contribution in [0.15, 0.2) is 6.20 Å². The first kappa shape index (κ1) is 10.4. The molecular weight excluding hydrogens is 188 g/mol. The van der Waals surface area contributed by atoms with Crippen LogP contribution in [-0.4, -0.2) is 16.1 Å². The zero-order valence-electron chi connectivity index (χ0n) is 9.28. The first-order valence-electron chi connectivity index (χ1n) is 5.87. The number of nitrogens with zero attached hydrogens (tertiary/aromatic N) is 2. The van der Waals surface area contributed by atoms with E-state index in [9.17, 15) is 4.79 Å². The first-order chi connectivity index (χ1) is 7.35. The molecule has 15 heavy (non-hydrogen) atoms. The number of carbonyl (C=O) groups is 1. The molecule has 1 aliphatic rings. The van der Waals surface area contributed by atoms with E-state index in [0.717, 1.165) is 24.1 Å². The topological polar surface area (TPSA) is 34.9 Å². The maximum absolute atomic E-state index is 10.9. The summed E-state index contributed by atoms with van der Waals surface area (Å²) in [5, 5.41) is 4.51. The second-order valence-corrected chi connectivity index (χ2v) is 4.28. The predicted molar refractivity (Wildman–Crippen MR) is 59.1 cm³/mol. The van der Waals surface area contributed by atoms with Crippen LogP contribution < -0.4 is 0 Å². The van der Waals surface area contributed by atoms with Gasteiger partial charge in [0.05, 0.1) is 11.3 Å². The van der Waals surface area contributed by atoms with E-state index in [1.807, 2.05) is 17.8 Å². The van der Waals surface area contributed by atoms with E-state index in [4.69, 9.17) is 0 Å². The fraction of sp³-hybridized carbons (Fsp3) is 0.667. The summed E-state index contributed by atoms with van der Waals surface area (Å²) in [5.41, 5.74) is 1.83. The van der Waals surface area contributed by atoms with Gasteiger partial charge in [0.1, 0.15) is 0 Å². The molecule has 0 radical (unpaired) electrons. The SMILES string of the molecule is CCn1cc(C=O)c(C2CCCCC2)n1. The Kier molecular flexibility index (Phi) is 3.19. The van der Waals surface area contributed by atoms with Gasteiger partial charge in [-0.1, -0.05) is 19.3 Å². The molecule has 0 bridgehead atoms. The van der Waals surface area contributed by atoms with E-state index in [2.05, 4.69) is 5.10 Å². The van der Waals surface area contributed by atoms with Crippen LogP contribution in [0.25, 0.3) is 0 Å². The lowest BCUT2D eigenvalue weighted by molar-refractivity contribution is 0.112. The van der Waals surface area contributed by atoms with Crippen LogP contribution in [0.1, 0.15) is 61.0 Å². The molecule has 1 fully saturated rings. The quantitative estimate of drug-likeness (QED) is 0.713. The molecule has 3 heteroatoms. The third-order valence-corrected chi connectivity index (χ3v) is 3.26. The van der Waals surface area contributed by atoms with Crippen LogP contribution in [0.3, 0.4) is 0 Å². The highest BCUT2D eigenvalue weighted by Gasteiger charge is 2.21. The van der Waals surface area contributed by atoms with E-state index < -0.39 is 0 Å². The number of rotatable bonds is 3. The molecule has 0 amide bonds. The highest BCUT2D eigenvalue weighted by atomic mass is 16.1. The van der Waals surface area contributed by atoms with Gasteiger partial charge in [-0.25, -0.2) is 0 Å². The standard InChI is InChI=1S/C12H18N2O/c1-2-14-8-11(9-15)12(13-14)10-6-4-3-5-7-10/h8-10H,2-7H2,1H3. The number of carbonyl (C=O) groups excluding carboxylic acids is 1. The Bertz CT molecular complexity index is 337. The van der Waals surface area contributed by atoms with Gasteiger partial charge >= 0.3 is 0 Å². The first-order valence-corrected chi connectivity index (χ1v) is 5.87. The fourth-order valence-electron chi connectivity index (χ4n) is 2.40. The van der Waals surface area contributed by atoms with Gasteiger partial charge in [-0.2, -0.15) is 5.10 Å². The summed E-state index contributed by atoms with van der Waals surface area (Å²) in [6.45, 7) is 2.89. The molecule has 82 valence electrons. The van der Waals surface area contributed by atoms with Crippen LogP contribution in [0.4, 0.5) is 0 Å². The van der Waals surface area contributed by atoms with E-state index in [1.165, 1.54) is 32.1 Å². The lowest BCUT2D eigenvalue weighted by atomic mass is 9.86. The molecule has 0 N–H and O–H groups in total. The Morgan fingerprint density at radius 2 is 2.20 bits per heavy atom. The average molecular weight is 206 g/mol. The Hall–Kier alpha value is -1.12. The van der Waals surface area contributed by atoms with Gasteiger partial charge in [-0.05, 0) is 19.8 Å². The molecule has 1 aromatic heterocycles. The van der Waals surface area contributed by atoms with Crippen LogP contribution in [0.5, 0.6) is 0 Å². The minimum atomic E-state index is 0.520. The summed E-state index contributed by atoms with van der Waals surface area (Å²) >= 11 is 0. The van der Waals surface area contributed by atoms with Crippen LogP contribution in [0, 0.1) is 0 Å². The summed E-state index contributed by atoms with van der Waals surface area (Å²) in [4.78, 5) is 10.9. The molecular formula is C12H18N2O. The summed E-state index contributed by atoms with van der Waals surface area (Å²) < 4.78 is 1.87. The molecule has 1 heterocycles. The molecule has 1 saturated carbocycles. The van der Waals surface area contributed by atoms with E-state index >= 15 is 0 Å². The molecule has 2 rings (SSSR count). The molecule has 1 aliphatic carbocycles. The van der Waals surface area contributed by atoms with Crippen molar-refractivity contribution in [1.29, 1.82) is 0 Å². The van der Waals surface area contributed by atoms with Gasteiger partial charge in [0.15, 0.2) is 6.29 Å². The highest BCUT2D eigenvalue weighted by molar-refractivity contribution is 5.76. The van der Waals surface area contributed by atoms with E-state index in [0.29, 0.717) is 5.92 Å². The van der Waals surface area contributed by atoms with Crippen molar-refractivity contribution in [1.82, 2.24) is 9.78 Å². The lowest BCUT2D eigenvalue weighted by Gasteiger charge is -2.19. The minimum Gasteiger partial charge on any atom is -0.298 e. The van der Waals surface area contributed by atoms with Crippen molar-refractivity contribution in [2.45, 2.75) is 51.5 Å². The summed E-state index contributed by atoms with van der Waals surface area (Å²) in [5.74, 6) is 0.520. The van der Waals surface area contributed by atoms with E-state index in [-0.39, 0.29) is 0 Å². The predicted octanol–water partition coefficient (Wildman–Crippen LogP) is 2.76. The number of aromatic nitrogens is 2. The molecule has 3 nitrogen and oxygen atoms in total. The van der Waals surface area contributed by atoms with Gasteiger partial charge < -0.3 is 0 Å². The number of aldehydes is 1. The van der Waals surface area contributed by atoms with Crippen molar-refractivity contribution in [3.05, 3.63) is 17.5 Å². The highest BCUT2D eigenvalue weighted by Crippen LogP contribution is 2.32. The van der Waals surface area contributed by atoms with Crippen LogP contribution in [0.2, 0.25) is 0 Å². The number of aryl methyl sites for hydroxylation is 1. The average Bonchev–Trinajstić information content (AvgIpc) is 2.73. The second-order valence-electron chi connectivity index (χ2n) is 4.28. The largest absolute Gasteiger partial charge is 0.298 e. The number of hydrogen-bond donors (Lipinski definition) is 0. The Morgan fingerprint density at radius 1 is 1.47 bits per heavy atom. The molecule has 0 spiro atoms. The normalized spacial score (nSPS) is 17.9. The number of hydrogen-bond acceptors (Lipinski definition) is 2. The van der Waals surface area contributed by atoms with Crippen molar-refractivity contribution in [3.63, 3.8) is 0 Å². The van der Waals surface area contributed by atoms with Crippen LogP contribution >= 0.6 is 0 Å². The van der Waals surface area contributed by atoms with E-state index in [1.54, 1.807) is 0 Å². The molecule has 0 aromatic carbocycles.